The van der Waals surface area contributed by atoms with Crippen LogP contribution in [0.4, 0.5) is 0 Å². The van der Waals surface area contributed by atoms with E-state index in [-0.39, 0.29) is 11.9 Å². The lowest BCUT2D eigenvalue weighted by Gasteiger charge is -2.31. The van der Waals surface area contributed by atoms with E-state index in [4.69, 9.17) is 4.42 Å². The highest BCUT2D eigenvalue weighted by molar-refractivity contribution is 5.95. The molecule has 1 saturated heterocycles. The van der Waals surface area contributed by atoms with Gasteiger partial charge in [0.25, 0.3) is 5.91 Å². The topological polar surface area (TPSA) is 71.3 Å². The summed E-state index contributed by atoms with van der Waals surface area (Å²) >= 11 is 0. The van der Waals surface area contributed by atoms with E-state index in [1.807, 2.05) is 31.2 Å². The molecule has 2 aromatic rings. The third-order valence-electron chi connectivity index (χ3n) is 4.24. The Morgan fingerprint density at radius 3 is 2.65 bits per heavy atom. The van der Waals surface area contributed by atoms with Crippen LogP contribution in [0.25, 0.3) is 0 Å². The van der Waals surface area contributed by atoms with Gasteiger partial charge in [0.2, 0.25) is 11.8 Å². The molecular formula is C17H22N4O2. The first kappa shape index (κ1) is 15.7. The molecule has 6 nitrogen and oxygen atoms in total. The lowest BCUT2D eigenvalue weighted by atomic mass is 10.0. The molecule has 0 unspecified atom stereocenters. The third-order valence-corrected chi connectivity index (χ3v) is 4.24. The number of aromatic nitrogens is 2. The highest BCUT2D eigenvalue weighted by atomic mass is 16.4. The van der Waals surface area contributed by atoms with E-state index in [2.05, 4.69) is 20.4 Å². The first-order valence-electron chi connectivity index (χ1n) is 7.99. The summed E-state index contributed by atoms with van der Waals surface area (Å²) in [6.45, 7) is 6.27. The van der Waals surface area contributed by atoms with Gasteiger partial charge in [-0.2, -0.15) is 0 Å². The molecule has 0 saturated carbocycles. The molecule has 0 atom stereocenters. The summed E-state index contributed by atoms with van der Waals surface area (Å²) in [4.78, 5) is 14.6. The zero-order chi connectivity index (χ0) is 16.2. The fraction of sp³-hybridized carbons (Fsp3) is 0.471. The average Bonchev–Trinajstić information content (AvgIpc) is 2.95. The zero-order valence-corrected chi connectivity index (χ0v) is 13.6. The predicted molar refractivity (Wildman–Crippen MR) is 86.0 cm³/mol. The van der Waals surface area contributed by atoms with Gasteiger partial charge < -0.3 is 9.73 Å². The number of benzene rings is 1. The summed E-state index contributed by atoms with van der Waals surface area (Å²) < 4.78 is 5.42. The number of hydrogen-bond donors (Lipinski definition) is 1. The van der Waals surface area contributed by atoms with Gasteiger partial charge in [0.15, 0.2) is 0 Å². The molecule has 6 heteroatoms. The molecule has 1 N–H and O–H groups in total. The monoisotopic (exact) mass is 314 g/mol. The van der Waals surface area contributed by atoms with Crippen LogP contribution < -0.4 is 5.32 Å². The van der Waals surface area contributed by atoms with Crippen molar-refractivity contribution in [2.24, 2.45) is 0 Å². The van der Waals surface area contributed by atoms with Crippen molar-refractivity contribution in [3.8, 4) is 0 Å². The van der Waals surface area contributed by atoms with Crippen molar-refractivity contribution in [3.63, 3.8) is 0 Å². The smallest absolute Gasteiger partial charge is 0.251 e. The van der Waals surface area contributed by atoms with Crippen LogP contribution in [-0.4, -0.2) is 40.1 Å². The number of carbonyl (C=O) groups is 1. The maximum absolute atomic E-state index is 12.4. The van der Waals surface area contributed by atoms with Gasteiger partial charge >= 0.3 is 0 Å². The van der Waals surface area contributed by atoms with Gasteiger partial charge in [-0.3, -0.25) is 9.69 Å². The number of aryl methyl sites for hydroxylation is 2. The molecule has 1 aliphatic heterocycles. The standard InChI is InChI=1S/C17H22N4O2/c1-12-5-3-4-6-15(12)17(22)18-14-7-9-21(10-8-14)11-16-20-19-13(2)23-16/h3-6,14H,7-11H2,1-2H3,(H,18,22). The number of nitrogens with zero attached hydrogens (tertiary/aromatic N) is 3. The number of nitrogens with one attached hydrogen (secondary N) is 1. The Morgan fingerprint density at radius 2 is 2.00 bits per heavy atom. The van der Waals surface area contributed by atoms with Crippen molar-refractivity contribution in [2.45, 2.75) is 39.3 Å². The van der Waals surface area contributed by atoms with E-state index in [1.165, 1.54) is 0 Å². The van der Waals surface area contributed by atoms with E-state index in [0.29, 0.717) is 18.3 Å². The SMILES string of the molecule is Cc1nnc(CN2CCC(NC(=O)c3ccccc3C)CC2)o1. The molecule has 1 aliphatic rings. The molecule has 0 radical (unpaired) electrons. The number of carbonyl (C=O) groups excluding carboxylic acids is 1. The highest BCUT2D eigenvalue weighted by Crippen LogP contribution is 2.15. The van der Waals surface area contributed by atoms with E-state index in [9.17, 15) is 4.79 Å². The van der Waals surface area contributed by atoms with Gasteiger partial charge in [-0.1, -0.05) is 18.2 Å². The van der Waals surface area contributed by atoms with Crippen LogP contribution in [-0.2, 0) is 6.54 Å². The van der Waals surface area contributed by atoms with Gasteiger partial charge in [-0.15, -0.1) is 10.2 Å². The van der Waals surface area contributed by atoms with Crippen molar-refractivity contribution >= 4 is 5.91 Å². The molecule has 1 fully saturated rings. The number of rotatable bonds is 4. The molecule has 0 bridgehead atoms. The Hall–Kier alpha value is -2.21. The summed E-state index contributed by atoms with van der Waals surface area (Å²) in [5, 5.41) is 11.0. The van der Waals surface area contributed by atoms with Crippen LogP contribution in [0.1, 0.15) is 40.5 Å². The van der Waals surface area contributed by atoms with Crippen molar-refractivity contribution in [1.82, 2.24) is 20.4 Å². The largest absolute Gasteiger partial charge is 0.424 e. The van der Waals surface area contributed by atoms with Crippen LogP contribution in [0.3, 0.4) is 0 Å². The van der Waals surface area contributed by atoms with Gasteiger partial charge in [-0.05, 0) is 31.4 Å². The Balaban J connectivity index is 1.49. The minimum atomic E-state index is 0.0223. The fourth-order valence-electron chi connectivity index (χ4n) is 2.92. The first-order valence-corrected chi connectivity index (χ1v) is 7.99. The van der Waals surface area contributed by atoms with Gasteiger partial charge in [0, 0.05) is 31.6 Å². The minimum absolute atomic E-state index is 0.0223. The molecule has 1 amide bonds. The van der Waals surface area contributed by atoms with Crippen molar-refractivity contribution in [2.75, 3.05) is 13.1 Å². The average molecular weight is 314 g/mol. The van der Waals surface area contributed by atoms with Crippen LogP contribution in [0.2, 0.25) is 0 Å². The third kappa shape index (κ3) is 3.96. The summed E-state index contributed by atoms with van der Waals surface area (Å²) in [6.07, 6.45) is 1.87. The Bertz CT molecular complexity index is 675. The summed E-state index contributed by atoms with van der Waals surface area (Å²) in [5.41, 5.74) is 1.77. The number of piperidine rings is 1. The first-order chi connectivity index (χ1) is 11.1. The maximum Gasteiger partial charge on any atom is 0.251 e. The molecule has 2 heterocycles. The number of amides is 1. The maximum atomic E-state index is 12.4. The molecule has 0 spiro atoms. The molecular weight excluding hydrogens is 292 g/mol. The Kier molecular flexibility index (Phi) is 4.71. The molecule has 1 aromatic carbocycles. The van der Waals surface area contributed by atoms with Crippen LogP contribution in [0, 0.1) is 13.8 Å². The zero-order valence-electron chi connectivity index (χ0n) is 13.6. The minimum Gasteiger partial charge on any atom is -0.424 e. The van der Waals surface area contributed by atoms with Crippen molar-refractivity contribution in [1.29, 1.82) is 0 Å². The molecule has 23 heavy (non-hydrogen) atoms. The lowest BCUT2D eigenvalue weighted by molar-refractivity contribution is 0.0905. The van der Waals surface area contributed by atoms with Crippen LogP contribution in [0.5, 0.6) is 0 Å². The predicted octanol–water partition coefficient (Wildman–Crippen LogP) is 2.08. The quantitative estimate of drug-likeness (QED) is 0.935. The Labute approximate surface area is 135 Å². The second-order valence-electron chi connectivity index (χ2n) is 6.05. The van der Waals surface area contributed by atoms with Gasteiger partial charge in [0.05, 0.1) is 6.54 Å². The van der Waals surface area contributed by atoms with Gasteiger partial charge in [-0.25, -0.2) is 0 Å². The highest BCUT2D eigenvalue weighted by Gasteiger charge is 2.22. The van der Waals surface area contributed by atoms with E-state index >= 15 is 0 Å². The molecule has 122 valence electrons. The van der Waals surface area contributed by atoms with E-state index in [1.54, 1.807) is 6.92 Å². The van der Waals surface area contributed by atoms with Gasteiger partial charge in [0.1, 0.15) is 0 Å². The second-order valence-corrected chi connectivity index (χ2v) is 6.05. The van der Waals surface area contributed by atoms with Crippen molar-refractivity contribution in [3.05, 3.63) is 47.2 Å². The van der Waals surface area contributed by atoms with E-state index < -0.39 is 0 Å². The fourth-order valence-corrected chi connectivity index (χ4v) is 2.92. The van der Waals surface area contributed by atoms with E-state index in [0.717, 1.165) is 37.1 Å². The normalized spacial score (nSPS) is 16.4. The second kappa shape index (κ2) is 6.91. The van der Waals surface area contributed by atoms with Crippen molar-refractivity contribution < 1.29 is 9.21 Å². The summed E-state index contributed by atoms with van der Waals surface area (Å²) in [6, 6.07) is 7.91. The summed E-state index contributed by atoms with van der Waals surface area (Å²) in [7, 11) is 0. The summed E-state index contributed by atoms with van der Waals surface area (Å²) in [5.74, 6) is 1.28. The number of likely N-dealkylation sites (tertiary alicyclic amines) is 1. The molecule has 3 rings (SSSR count). The lowest BCUT2D eigenvalue weighted by Crippen LogP contribution is -2.44. The molecule has 0 aliphatic carbocycles. The number of hydrogen-bond acceptors (Lipinski definition) is 5. The van der Waals surface area contributed by atoms with Crippen LogP contribution >= 0.6 is 0 Å². The van der Waals surface area contributed by atoms with Crippen LogP contribution in [0.15, 0.2) is 28.7 Å². The Morgan fingerprint density at radius 1 is 1.26 bits per heavy atom. The molecule has 1 aromatic heterocycles.